The molecule has 0 aliphatic rings. The van der Waals surface area contributed by atoms with Crippen LogP contribution in [0.5, 0.6) is 0 Å². The van der Waals surface area contributed by atoms with Gasteiger partial charge in [-0.2, -0.15) is 0 Å². The lowest BCUT2D eigenvalue weighted by molar-refractivity contribution is -0.143. The highest BCUT2D eigenvalue weighted by molar-refractivity contribution is 5.85. The van der Waals surface area contributed by atoms with Gasteiger partial charge in [-0.25, -0.2) is 13.6 Å². The molecule has 0 atom stereocenters. The van der Waals surface area contributed by atoms with Gasteiger partial charge in [-0.1, -0.05) is 12.1 Å². The van der Waals surface area contributed by atoms with Gasteiger partial charge in [0, 0.05) is 18.1 Å². The highest BCUT2D eigenvalue weighted by Gasteiger charge is 2.13. The Bertz CT molecular complexity index is 538. The van der Waals surface area contributed by atoms with Crippen molar-refractivity contribution in [2.75, 3.05) is 6.61 Å². The number of carbonyl (C=O) groups excluding carboxylic acids is 1. The summed E-state index contributed by atoms with van der Waals surface area (Å²) in [5, 5.41) is 8.53. The fourth-order valence-electron chi connectivity index (χ4n) is 1.76. The van der Waals surface area contributed by atoms with Crippen molar-refractivity contribution < 1.29 is 28.2 Å². The maximum Gasteiger partial charge on any atom is 0.328 e. The molecular formula is C15H16F2O4. The van der Waals surface area contributed by atoms with Gasteiger partial charge in [-0.05, 0) is 36.6 Å². The summed E-state index contributed by atoms with van der Waals surface area (Å²) in [5.41, 5.74) is 0.465. The number of carbonyl (C=O) groups is 2. The van der Waals surface area contributed by atoms with Gasteiger partial charge >= 0.3 is 11.9 Å². The van der Waals surface area contributed by atoms with E-state index in [2.05, 4.69) is 0 Å². The van der Waals surface area contributed by atoms with E-state index in [0.717, 1.165) is 12.2 Å². The first-order valence-corrected chi connectivity index (χ1v) is 6.41. The largest absolute Gasteiger partial charge is 0.478 e. The maximum atomic E-state index is 13.0. The number of alkyl halides is 2. The summed E-state index contributed by atoms with van der Waals surface area (Å²) in [6, 6.07) is 4.29. The number of ether oxygens (including phenoxy) is 1. The van der Waals surface area contributed by atoms with Crippen molar-refractivity contribution in [3.05, 3.63) is 41.0 Å². The number of aliphatic carboxylic acids is 1. The number of rotatable bonds is 7. The van der Waals surface area contributed by atoms with E-state index in [4.69, 9.17) is 9.84 Å². The van der Waals surface area contributed by atoms with Crippen LogP contribution in [0.2, 0.25) is 0 Å². The minimum atomic E-state index is -2.72. The topological polar surface area (TPSA) is 63.6 Å². The third kappa shape index (κ3) is 5.72. The van der Waals surface area contributed by atoms with Gasteiger partial charge in [0.25, 0.3) is 6.43 Å². The predicted octanol–water partition coefficient (Wildman–Crippen LogP) is 3.22. The molecule has 0 aliphatic carbocycles. The van der Waals surface area contributed by atoms with Gasteiger partial charge in [-0.3, -0.25) is 4.79 Å². The molecule has 114 valence electrons. The second kappa shape index (κ2) is 8.14. The molecule has 0 bridgehead atoms. The molecule has 1 aromatic rings. The zero-order chi connectivity index (χ0) is 15.8. The van der Waals surface area contributed by atoms with E-state index >= 15 is 0 Å². The Balaban J connectivity index is 2.88. The Morgan fingerprint density at radius 3 is 2.67 bits per heavy atom. The molecule has 0 amide bonds. The van der Waals surface area contributed by atoms with Crippen LogP contribution in [0.15, 0.2) is 24.3 Å². The molecule has 4 nitrogen and oxygen atoms in total. The van der Waals surface area contributed by atoms with E-state index in [0.29, 0.717) is 12.0 Å². The second-order valence-electron chi connectivity index (χ2n) is 4.24. The third-order valence-corrected chi connectivity index (χ3v) is 2.71. The summed E-state index contributed by atoms with van der Waals surface area (Å²) >= 11 is 0. The van der Waals surface area contributed by atoms with E-state index in [1.165, 1.54) is 12.1 Å². The SMILES string of the molecule is CCOC(=O)CCc1ccc(/C=C/C(=O)O)c(C(F)F)c1. The zero-order valence-corrected chi connectivity index (χ0v) is 11.5. The molecular weight excluding hydrogens is 282 g/mol. The first-order chi connectivity index (χ1) is 9.93. The van der Waals surface area contributed by atoms with Crippen LogP contribution in [-0.2, 0) is 20.7 Å². The number of hydrogen-bond donors (Lipinski definition) is 1. The molecule has 1 aromatic carbocycles. The Hall–Kier alpha value is -2.24. The van der Waals surface area contributed by atoms with E-state index in [9.17, 15) is 18.4 Å². The fourth-order valence-corrected chi connectivity index (χ4v) is 1.76. The molecule has 0 saturated heterocycles. The summed E-state index contributed by atoms with van der Waals surface area (Å²) in [7, 11) is 0. The van der Waals surface area contributed by atoms with E-state index in [1.807, 2.05) is 0 Å². The van der Waals surface area contributed by atoms with E-state index in [-0.39, 0.29) is 30.1 Å². The summed E-state index contributed by atoms with van der Waals surface area (Å²) in [5.74, 6) is -1.59. The van der Waals surface area contributed by atoms with Crippen molar-refractivity contribution in [2.45, 2.75) is 26.2 Å². The van der Waals surface area contributed by atoms with Crippen molar-refractivity contribution in [2.24, 2.45) is 0 Å². The molecule has 0 fully saturated rings. The van der Waals surface area contributed by atoms with Crippen LogP contribution in [0.3, 0.4) is 0 Å². The molecule has 0 spiro atoms. The monoisotopic (exact) mass is 298 g/mol. The van der Waals surface area contributed by atoms with Gasteiger partial charge in [-0.15, -0.1) is 0 Å². The number of aryl methyl sites for hydroxylation is 1. The van der Waals surface area contributed by atoms with Gasteiger partial charge in [0.1, 0.15) is 0 Å². The molecule has 0 aromatic heterocycles. The van der Waals surface area contributed by atoms with Crippen molar-refractivity contribution in [3.63, 3.8) is 0 Å². The molecule has 0 radical (unpaired) electrons. The van der Waals surface area contributed by atoms with Crippen molar-refractivity contribution in [1.82, 2.24) is 0 Å². The minimum absolute atomic E-state index is 0.112. The quantitative estimate of drug-likeness (QED) is 0.620. The summed E-state index contributed by atoms with van der Waals surface area (Å²) in [6.45, 7) is 1.97. The predicted molar refractivity (Wildman–Crippen MR) is 73.0 cm³/mol. The molecule has 21 heavy (non-hydrogen) atoms. The maximum absolute atomic E-state index is 13.0. The highest BCUT2D eigenvalue weighted by atomic mass is 19.3. The number of carboxylic acid groups (broad SMARTS) is 1. The Kier molecular flexibility index (Phi) is 6.52. The van der Waals surface area contributed by atoms with Crippen LogP contribution in [-0.4, -0.2) is 23.7 Å². The number of hydrogen-bond acceptors (Lipinski definition) is 3. The number of esters is 1. The third-order valence-electron chi connectivity index (χ3n) is 2.71. The first kappa shape index (κ1) is 16.8. The average Bonchev–Trinajstić information content (AvgIpc) is 2.43. The summed E-state index contributed by atoms with van der Waals surface area (Å²) in [4.78, 5) is 21.7. The standard InChI is InChI=1S/C15H16F2O4/c1-2-21-14(20)8-4-10-3-5-11(6-7-13(18)19)12(9-10)15(16)17/h3,5-7,9,15H,2,4,8H2,1H3,(H,18,19)/b7-6+. The average molecular weight is 298 g/mol. The Labute approximate surface area is 121 Å². The first-order valence-electron chi connectivity index (χ1n) is 6.41. The van der Waals surface area contributed by atoms with Gasteiger partial charge < -0.3 is 9.84 Å². The minimum Gasteiger partial charge on any atom is -0.478 e. The van der Waals surface area contributed by atoms with Crippen molar-refractivity contribution >= 4 is 18.0 Å². The molecule has 0 unspecified atom stereocenters. The van der Waals surface area contributed by atoms with Crippen LogP contribution in [0.1, 0.15) is 36.5 Å². The van der Waals surface area contributed by atoms with E-state index < -0.39 is 12.4 Å². The Morgan fingerprint density at radius 2 is 2.10 bits per heavy atom. The molecule has 0 saturated carbocycles. The lowest BCUT2D eigenvalue weighted by Gasteiger charge is -2.08. The molecule has 0 aliphatic heterocycles. The fraction of sp³-hybridized carbons (Fsp3) is 0.333. The van der Waals surface area contributed by atoms with Gasteiger partial charge in [0.2, 0.25) is 0 Å². The van der Waals surface area contributed by atoms with Gasteiger partial charge in [0.05, 0.1) is 6.61 Å². The smallest absolute Gasteiger partial charge is 0.328 e. The molecule has 0 heterocycles. The highest BCUT2D eigenvalue weighted by Crippen LogP contribution is 2.25. The zero-order valence-electron chi connectivity index (χ0n) is 11.5. The molecule has 6 heteroatoms. The van der Waals surface area contributed by atoms with Crippen LogP contribution >= 0.6 is 0 Å². The summed E-state index contributed by atoms with van der Waals surface area (Å²) < 4.78 is 30.7. The normalized spacial score (nSPS) is 11.0. The number of benzene rings is 1. The van der Waals surface area contributed by atoms with Gasteiger partial charge in [0.15, 0.2) is 0 Å². The van der Waals surface area contributed by atoms with Crippen LogP contribution in [0, 0.1) is 0 Å². The van der Waals surface area contributed by atoms with Crippen LogP contribution in [0.4, 0.5) is 8.78 Å². The number of carboxylic acids is 1. The lowest BCUT2D eigenvalue weighted by atomic mass is 10.0. The number of halogens is 2. The van der Waals surface area contributed by atoms with Crippen LogP contribution in [0.25, 0.3) is 6.08 Å². The molecule has 1 rings (SSSR count). The molecule has 1 N–H and O–H groups in total. The summed E-state index contributed by atoms with van der Waals surface area (Å²) in [6.07, 6.45) is -0.387. The van der Waals surface area contributed by atoms with Crippen molar-refractivity contribution in [3.8, 4) is 0 Å². The lowest BCUT2D eigenvalue weighted by Crippen LogP contribution is -2.05. The van der Waals surface area contributed by atoms with Crippen molar-refractivity contribution in [1.29, 1.82) is 0 Å². The second-order valence-corrected chi connectivity index (χ2v) is 4.24. The van der Waals surface area contributed by atoms with Crippen LogP contribution < -0.4 is 0 Å². The van der Waals surface area contributed by atoms with E-state index in [1.54, 1.807) is 13.0 Å². The Morgan fingerprint density at radius 1 is 1.38 bits per heavy atom.